The van der Waals surface area contributed by atoms with E-state index in [1.165, 1.54) is 11.1 Å². The summed E-state index contributed by atoms with van der Waals surface area (Å²) in [7, 11) is 0. The molecule has 2 saturated carbocycles. The lowest BCUT2D eigenvalue weighted by atomic mass is 9.80. The molecule has 6 heteroatoms. The van der Waals surface area contributed by atoms with Gasteiger partial charge in [0.1, 0.15) is 12.2 Å². The van der Waals surface area contributed by atoms with Crippen LogP contribution in [-0.2, 0) is 19.1 Å². The maximum atomic E-state index is 13.7. The summed E-state index contributed by atoms with van der Waals surface area (Å²) < 4.78 is 38.2. The predicted octanol–water partition coefficient (Wildman–Crippen LogP) is 7.10. The van der Waals surface area contributed by atoms with Crippen LogP contribution in [0.4, 0.5) is 8.78 Å². The third-order valence-electron chi connectivity index (χ3n) is 7.39. The van der Waals surface area contributed by atoms with Crippen molar-refractivity contribution in [3.05, 3.63) is 35.4 Å². The van der Waals surface area contributed by atoms with Crippen molar-refractivity contribution in [2.24, 2.45) is 0 Å². The standard InChI is InChI=1S/C28H40F2O4/c1-3-5-25(29)27(31)33-23-15-11-21(12-16-23)19-7-9-20(10-8-19)22-13-17-24(18-14-22)34-28(32)26(30)6-4-2/h7-10,21-26H,3-6,11-18H2,1-2H3/t21?,22?,23?,24?,25-,26-/m1/s1. The van der Waals surface area contributed by atoms with Gasteiger partial charge in [0.25, 0.3) is 0 Å². The highest BCUT2D eigenvalue weighted by Gasteiger charge is 2.29. The Balaban J connectivity index is 1.42. The number of carbonyl (C=O) groups is 2. The molecule has 0 unspecified atom stereocenters. The van der Waals surface area contributed by atoms with Crippen molar-refractivity contribution < 1.29 is 27.8 Å². The fraction of sp³-hybridized carbons (Fsp3) is 0.714. The Hall–Kier alpha value is -1.98. The molecular formula is C28H40F2O4. The highest BCUT2D eigenvalue weighted by Crippen LogP contribution is 2.37. The van der Waals surface area contributed by atoms with Crippen LogP contribution in [-0.4, -0.2) is 36.5 Å². The Morgan fingerprint density at radius 1 is 0.706 bits per heavy atom. The summed E-state index contributed by atoms with van der Waals surface area (Å²) in [4.78, 5) is 23.7. The first-order valence-corrected chi connectivity index (χ1v) is 13.2. The third kappa shape index (κ3) is 7.51. The average Bonchev–Trinajstić information content (AvgIpc) is 2.85. The van der Waals surface area contributed by atoms with Gasteiger partial charge < -0.3 is 9.47 Å². The Morgan fingerprint density at radius 3 is 1.32 bits per heavy atom. The Kier molecular flexibility index (Phi) is 10.3. The average molecular weight is 479 g/mol. The number of hydrogen-bond donors (Lipinski definition) is 0. The van der Waals surface area contributed by atoms with Crippen molar-refractivity contribution in [2.45, 2.75) is 127 Å². The van der Waals surface area contributed by atoms with Crippen LogP contribution in [0.3, 0.4) is 0 Å². The van der Waals surface area contributed by atoms with Crippen LogP contribution in [0.5, 0.6) is 0 Å². The number of hydrogen-bond acceptors (Lipinski definition) is 4. The van der Waals surface area contributed by atoms with Crippen molar-refractivity contribution in [3.8, 4) is 0 Å². The third-order valence-corrected chi connectivity index (χ3v) is 7.39. The number of carbonyl (C=O) groups excluding carboxylic acids is 2. The zero-order valence-electron chi connectivity index (χ0n) is 20.6. The fourth-order valence-corrected chi connectivity index (χ4v) is 5.29. The van der Waals surface area contributed by atoms with Crippen molar-refractivity contribution in [3.63, 3.8) is 0 Å². The minimum Gasteiger partial charge on any atom is -0.460 e. The second kappa shape index (κ2) is 13.2. The maximum absolute atomic E-state index is 13.7. The van der Waals surface area contributed by atoms with Crippen LogP contribution in [0.15, 0.2) is 24.3 Å². The van der Waals surface area contributed by atoms with E-state index in [9.17, 15) is 18.4 Å². The van der Waals surface area contributed by atoms with Gasteiger partial charge in [-0.3, -0.25) is 0 Å². The van der Waals surface area contributed by atoms with E-state index in [0.717, 1.165) is 51.4 Å². The normalized spacial score (nSPS) is 26.9. The Labute approximate surface area is 202 Å². The van der Waals surface area contributed by atoms with Gasteiger partial charge in [0.15, 0.2) is 12.3 Å². The summed E-state index contributed by atoms with van der Waals surface area (Å²) >= 11 is 0. The predicted molar refractivity (Wildman–Crippen MR) is 128 cm³/mol. The summed E-state index contributed by atoms with van der Waals surface area (Å²) in [5.74, 6) is -0.533. The van der Waals surface area contributed by atoms with Crippen LogP contribution >= 0.6 is 0 Å². The van der Waals surface area contributed by atoms with Gasteiger partial charge in [-0.25, -0.2) is 18.4 Å². The molecule has 2 atom stereocenters. The lowest BCUT2D eigenvalue weighted by Crippen LogP contribution is -2.28. The summed E-state index contributed by atoms with van der Waals surface area (Å²) in [5, 5.41) is 0. The molecule has 2 aliphatic carbocycles. The molecule has 3 rings (SSSR count). The van der Waals surface area contributed by atoms with Crippen molar-refractivity contribution >= 4 is 11.9 Å². The van der Waals surface area contributed by atoms with Crippen molar-refractivity contribution in [1.29, 1.82) is 0 Å². The van der Waals surface area contributed by atoms with Gasteiger partial charge in [0.05, 0.1) is 0 Å². The topological polar surface area (TPSA) is 52.6 Å². The molecule has 4 nitrogen and oxygen atoms in total. The van der Waals surface area contributed by atoms with E-state index in [4.69, 9.17) is 9.47 Å². The maximum Gasteiger partial charge on any atom is 0.340 e. The highest BCUT2D eigenvalue weighted by atomic mass is 19.1. The molecule has 34 heavy (non-hydrogen) atoms. The first-order chi connectivity index (χ1) is 16.4. The summed E-state index contributed by atoms with van der Waals surface area (Å²) in [6.07, 6.45) is 5.22. The van der Waals surface area contributed by atoms with Gasteiger partial charge in [-0.2, -0.15) is 0 Å². The van der Waals surface area contributed by atoms with Crippen molar-refractivity contribution in [1.82, 2.24) is 0 Å². The molecule has 0 aliphatic heterocycles. The van der Waals surface area contributed by atoms with Gasteiger partial charge in [0, 0.05) is 0 Å². The lowest BCUT2D eigenvalue weighted by molar-refractivity contribution is -0.157. The first-order valence-electron chi connectivity index (χ1n) is 13.2. The zero-order valence-corrected chi connectivity index (χ0v) is 20.6. The molecule has 0 radical (unpaired) electrons. The summed E-state index contributed by atoms with van der Waals surface area (Å²) in [6, 6.07) is 8.82. The highest BCUT2D eigenvalue weighted by molar-refractivity contribution is 5.75. The number of alkyl halides is 2. The lowest BCUT2D eigenvalue weighted by Gasteiger charge is -2.30. The first kappa shape index (κ1) is 26.6. The molecule has 0 heterocycles. The molecule has 0 saturated heterocycles. The fourth-order valence-electron chi connectivity index (χ4n) is 5.29. The van der Waals surface area contributed by atoms with E-state index in [1.54, 1.807) is 0 Å². The molecule has 0 bridgehead atoms. The molecule has 0 aromatic heterocycles. The monoisotopic (exact) mass is 478 g/mol. The van der Waals surface area contributed by atoms with Gasteiger partial charge in [-0.15, -0.1) is 0 Å². The van der Waals surface area contributed by atoms with Crippen LogP contribution < -0.4 is 0 Å². The van der Waals surface area contributed by atoms with E-state index in [1.807, 2.05) is 13.8 Å². The number of benzene rings is 1. The molecule has 0 spiro atoms. The van der Waals surface area contributed by atoms with E-state index in [-0.39, 0.29) is 25.0 Å². The molecule has 0 amide bonds. The van der Waals surface area contributed by atoms with E-state index < -0.39 is 24.3 Å². The molecule has 2 fully saturated rings. The van der Waals surface area contributed by atoms with E-state index in [2.05, 4.69) is 24.3 Å². The van der Waals surface area contributed by atoms with Crippen molar-refractivity contribution in [2.75, 3.05) is 0 Å². The van der Waals surface area contributed by atoms with Crippen LogP contribution in [0.25, 0.3) is 0 Å². The van der Waals surface area contributed by atoms with Crippen LogP contribution in [0.2, 0.25) is 0 Å². The molecule has 1 aromatic rings. The second-order valence-corrected chi connectivity index (χ2v) is 10.0. The number of esters is 2. The Morgan fingerprint density at radius 2 is 1.03 bits per heavy atom. The molecule has 2 aliphatic rings. The van der Waals surface area contributed by atoms with Crippen LogP contribution in [0.1, 0.15) is 114 Å². The number of ether oxygens (including phenoxy) is 2. The molecule has 1 aromatic carbocycles. The zero-order chi connectivity index (χ0) is 24.5. The van der Waals surface area contributed by atoms with Gasteiger partial charge in [0.2, 0.25) is 0 Å². The van der Waals surface area contributed by atoms with Crippen LogP contribution in [0, 0.1) is 0 Å². The smallest absolute Gasteiger partial charge is 0.340 e. The largest absolute Gasteiger partial charge is 0.460 e. The summed E-state index contributed by atoms with van der Waals surface area (Å²) in [6.45, 7) is 3.71. The number of halogens is 2. The quantitative estimate of drug-likeness (QED) is 0.337. The van der Waals surface area contributed by atoms with Gasteiger partial charge >= 0.3 is 11.9 Å². The van der Waals surface area contributed by atoms with Gasteiger partial charge in [-0.1, -0.05) is 51.0 Å². The van der Waals surface area contributed by atoms with Gasteiger partial charge in [-0.05, 0) is 87.2 Å². The molecule has 190 valence electrons. The van der Waals surface area contributed by atoms with E-state index >= 15 is 0 Å². The minimum absolute atomic E-state index is 0.169. The second-order valence-electron chi connectivity index (χ2n) is 10.0. The SMILES string of the molecule is CCC[C@@H](F)C(=O)OC1CCC(c2ccc(C3CCC(OC(=O)[C@H](F)CCC)CC3)cc2)CC1. The van der Waals surface area contributed by atoms with E-state index in [0.29, 0.717) is 24.7 Å². The number of rotatable bonds is 10. The summed E-state index contributed by atoms with van der Waals surface area (Å²) in [5.41, 5.74) is 2.60. The Bertz CT molecular complexity index is 700. The molecule has 0 N–H and O–H groups in total. The molecular weight excluding hydrogens is 438 g/mol. The minimum atomic E-state index is -1.50.